The van der Waals surface area contributed by atoms with Crippen molar-refractivity contribution in [3.63, 3.8) is 0 Å². The van der Waals surface area contributed by atoms with Crippen molar-refractivity contribution in [2.24, 2.45) is 5.84 Å². The Morgan fingerprint density at radius 2 is 1.74 bits per heavy atom. The largest absolute Gasteiger partial charge is 0.335 e. The number of carbonyl (C=O) groups excluding carboxylic acids is 3. The lowest BCUT2D eigenvalue weighted by Gasteiger charge is -2.35. The van der Waals surface area contributed by atoms with E-state index in [4.69, 9.17) is 5.84 Å². The fourth-order valence-electron chi connectivity index (χ4n) is 4.84. The van der Waals surface area contributed by atoms with Crippen molar-refractivity contribution in [3.8, 4) is 23.1 Å². The van der Waals surface area contributed by atoms with Gasteiger partial charge in [-0.1, -0.05) is 24.0 Å². The van der Waals surface area contributed by atoms with Gasteiger partial charge < -0.3 is 9.69 Å². The maximum atomic E-state index is 13.0. The van der Waals surface area contributed by atoms with Crippen molar-refractivity contribution in [3.05, 3.63) is 95.3 Å². The van der Waals surface area contributed by atoms with E-state index < -0.39 is 5.91 Å². The first-order valence-electron chi connectivity index (χ1n) is 12.8. The molecule has 1 aliphatic rings. The molecule has 0 aliphatic carbocycles. The zero-order valence-corrected chi connectivity index (χ0v) is 21.3. The first-order valence-corrected chi connectivity index (χ1v) is 12.8. The molecule has 2 aromatic carbocycles. The summed E-state index contributed by atoms with van der Waals surface area (Å²) in [4.78, 5) is 46.9. The number of amides is 2. The van der Waals surface area contributed by atoms with Crippen LogP contribution < -0.4 is 11.3 Å². The Bertz CT molecular complexity index is 1590. The number of nitrogens with one attached hydrogen (secondary N) is 1. The number of fused-ring (bicyclic) bond motifs is 1. The summed E-state index contributed by atoms with van der Waals surface area (Å²) in [5.74, 6) is 11.2. The lowest BCUT2D eigenvalue weighted by molar-refractivity contribution is -0.108. The van der Waals surface area contributed by atoms with Gasteiger partial charge in [-0.3, -0.25) is 20.0 Å². The molecule has 1 unspecified atom stereocenters. The van der Waals surface area contributed by atoms with Crippen LogP contribution >= 0.6 is 0 Å². The summed E-state index contributed by atoms with van der Waals surface area (Å²) in [6.07, 6.45) is 7.37. The third-order valence-corrected chi connectivity index (χ3v) is 6.91. The van der Waals surface area contributed by atoms with Gasteiger partial charge in [0.25, 0.3) is 11.8 Å². The number of hydrazine groups is 1. The van der Waals surface area contributed by atoms with Crippen LogP contribution in [-0.2, 0) is 4.79 Å². The SMILES string of the molecule is NNC(=O)c1cc(-c2ccc(C#Cc3ccc(C(=O)N4CCCCC4CC=O)cc3)cc2)nc2ccncc12. The number of benzene rings is 2. The van der Waals surface area contributed by atoms with E-state index in [0.717, 1.165) is 42.2 Å². The summed E-state index contributed by atoms with van der Waals surface area (Å²) in [6, 6.07) is 18.3. The lowest BCUT2D eigenvalue weighted by atomic mass is 9.98. The number of rotatable bonds is 5. The third-order valence-electron chi connectivity index (χ3n) is 6.91. The molecular weight excluding hydrogens is 490 g/mol. The quantitative estimate of drug-likeness (QED) is 0.136. The van der Waals surface area contributed by atoms with Crippen LogP contribution in [0.1, 0.15) is 57.5 Å². The van der Waals surface area contributed by atoms with Crippen LogP contribution in [0.2, 0.25) is 0 Å². The van der Waals surface area contributed by atoms with Gasteiger partial charge in [0.2, 0.25) is 0 Å². The van der Waals surface area contributed by atoms with Crippen LogP contribution in [0.5, 0.6) is 0 Å². The number of nitrogens with zero attached hydrogens (tertiary/aromatic N) is 3. The van der Waals surface area contributed by atoms with Gasteiger partial charge in [0.05, 0.1) is 16.8 Å². The number of hydrogen-bond donors (Lipinski definition) is 2. The average Bonchev–Trinajstić information content (AvgIpc) is 2.99. The summed E-state index contributed by atoms with van der Waals surface area (Å²) >= 11 is 0. The molecule has 0 spiro atoms. The molecule has 4 aromatic rings. The number of nitrogens with two attached hydrogens (primary N) is 1. The predicted molar refractivity (Wildman–Crippen MR) is 148 cm³/mol. The smallest absolute Gasteiger partial charge is 0.265 e. The molecule has 1 aliphatic heterocycles. The van der Waals surface area contributed by atoms with E-state index >= 15 is 0 Å². The second kappa shape index (κ2) is 11.7. The molecule has 8 nitrogen and oxygen atoms in total. The molecule has 3 heterocycles. The molecule has 1 saturated heterocycles. The third kappa shape index (κ3) is 5.69. The van der Waals surface area contributed by atoms with Crippen LogP contribution in [0.25, 0.3) is 22.2 Å². The Labute approximate surface area is 226 Å². The van der Waals surface area contributed by atoms with E-state index in [1.165, 1.54) is 0 Å². The summed E-state index contributed by atoms with van der Waals surface area (Å²) in [5.41, 5.74) is 6.90. The van der Waals surface area contributed by atoms with Crippen molar-refractivity contribution in [1.29, 1.82) is 0 Å². The van der Waals surface area contributed by atoms with Gasteiger partial charge in [0, 0.05) is 59.0 Å². The van der Waals surface area contributed by atoms with E-state index in [-0.39, 0.29) is 11.9 Å². The fraction of sp³-hybridized carbons (Fsp3) is 0.194. The van der Waals surface area contributed by atoms with Gasteiger partial charge in [-0.25, -0.2) is 10.8 Å². The molecule has 2 aromatic heterocycles. The Hall–Kier alpha value is -4.87. The molecule has 0 bridgehead atoms. The molecule has 1 fully saturated rings. The molecular formula is C31H27N5O3. The minimum Gasteiger partial charge on any atom is -0.335 e. The summed E-state index contributed by atoms with van der Waals surface area (Å²) in [6.45, 7) is 0.683. The molecule has 0 saturated carbocycles. The Morgan fingerprint density at radius 1 is 1.03 bits per heavy atom. The minimum atomic E-state index is -0.413. The zero-order valence-electron chi connectivity index (χ0n) is 21.3. The Kier molecular flexibility index (Phi) is 7.71. The van der Waals surface area contributed by atoms with E-state index in [2.05, 4.69) is 27.2 Å². The number of likely N-dealkylation sites (tertiary alicyclic amines) is 1. The summed E-state index contributed by atoms with van der Waals surface area (Å²) in [7, 11) is 0. The van der Waals surface area contributed by atoms with Crippen molar-refractivity contribution >= 4 is 29.0 Å². The number of aromatic nitrogens is 2. The molecule has 1 atom stereocenters. The number of pyridine rings is 2. The fourth-order valence-corrected chi connectivity index (χ4v) is 4.84. The van der Waals surface area contributed by atoms with Gasteiger partial charge in [-0.05, 0) is 67.8 Å². The average molecular weight is 518 g/mol. The van der Waals surface area contributed by atoms with Crippen LogP contribution in [0.3, 0.4) is 0 Å². The van der Waals surface area contributed by atoms with Crippen molar-refractivity contribution in [2.45, 2.75) is 31.7 Å². The highest BCUT2D eigenvalue weighted by molar-refractivity contribution is 6.06. The van der Waals surface area contributed by atoms with Gasteiger partial charge >= 0.3 is 0 Å². The number of hydrogen-bond acceptors (Lipinski definition) is 6. The first-order chi connectivity index (χ1) is 19.1. The molecule has 2 amide bonds. The van der Waals surface area contributed by atoms with Gasteiger partial charge in [-0.2, -0.15) is 0 Å². The highest BCUT2D eigenvalue weighted by Crippen LogP contribution is 2.25. The maximum Gasteiger partial charge on any atom is 0.265 e. The van der Waals surface area contributed by atoms with Gasteiger partial charge in [0.1, 0.15) is 6.29 Å². The molecule has 5 rings (SSSR count). The number of aldehydes is 1. The number of carbonyl (C=O) groups is 3. The Morgan fingerprint density at radius 3 is 2.44 bits per heavy atom. The standard InChI is InChI=1S/C31H27N5O3/c32-35-30(38)26-19-29(34-28-14-16-33-20-27(26)28)23-10-6-21(7-11-23)4-5-22-8-12-24(13-9-22)31(39)36-17-2-1-3-25(36)15-18-37/h6-14,16,18-20,25H,1-3,15,17,32H2,(H,35,38). The van der Waals surface area contributed by atoms with Crippen LogP contribution in [-0.4, -0.2) is 45.6 Å². The second-order valence-corrected chi connectivity index (χ2v) is 9.38. The highest BCUT2D eigenvalue weighted by atomic mass is 16.2. The predicted octanol–water partition coefficient (Wildman–Crippen LogP) is 3.88. The van der Waals surface area contributed by atoms with Crippen molar-refractivity contribution in [2.75, 3.05) is 6.54 Å². The zero-order chi connectivity index (χ0) is 27.2. The van der Waals surface area contributed by atoms with Crippen LogP contribution in [0, 0.1) is 11.8 Å². The second-order valence-electron chi connectivity index (χ2n) is 9.38. The monoisotopic (exact) mass is 517 g/mol. The molecule has 194 valence electrons. The molecule has 3 N–H and O–H groups in total. The normalized spacial score (nSPS) is 14.8. The van der Waals surface area contributed by atoms with E-state index in [1.54, 1.807) is 36.7 Å². The number of piperidine rings is 1. The minimum absolute atomic E-state index is 0.0163. The first kappa shape index (κ1) is 25.8. The molecule has 0 radical (unpaired) electrons. The van der Waals surface area contributed by atoms with Crippen molar-refractivity contribution < 1.29 is 14.4 Å². The van der Waals surface area contributed by atoms with E-state index in [0.29, 0.717) is 40.7 Å². The van der Waals surface area contributed by atoms with Crippen molar-refractivity contribution in [1.82, 2.24) is 20.3 Å². The van der Waals surface area contributed by atoms with E-state index in [9.17, 15) is 14.4 Å². The lowest BCUT2D eigenvalue weighted by Crippen LogP contribution is -2.43. The van der Waals surface area contributed by atoms with Gasteiger partial charge in [-0.15, -0.1) is 0 Å². The van der Waals surface area contributed by atoms with E-state index in [1.807, 2.05) is 41.3 Å². The van der Waals surface area contributed by atoms with Crippen LogP contribution in [0.15, 0.2) is 73.1 Å². The summed E-state index contributed by atoms with van der Waals surface area (Å²) < 4.78 is 0. The maximum absolute atomic E-state index is 13.0. The summed E-state index contributed by atoms with van der Waals surface area (Å²) in [5, 5.41) is 0.621. The van der Waals surface area contributed by atoms with Gasteiger partial charge in [0.15, 0.2) is 0 Å². The topological polar surface area (TPSA) is 118 Å². The molecule has 8 heteroatoms. The Balaban J connectivity index is 1.32. The number of nitrogen functional groups attached to an aromatic ring is 1. The van der Waals surface area contributed by atoms with Crippen LogP contribution in [0.4, 0.5) is 0 Å². The highest BCUT2D eigenvalue weighted by Gasteiger charge is 2.27. The molecule has 39 heavy (non-hydrogen) atoms.